The molecule has 0 aliphatic rings. The zero-order valence-corrected chi connectivity index (χ0v) is 13.6. The van der Waals surface area contributed by atoms with Gasteiger partial charge < -0.3 is 0 Å². The van der Waals surface area contributed by atoms with Crippen molar-refractivity contribution in [2.45, 2.75) is 42.9 Å². The summed E-state index contributed by atoms with van der Waals surface area (Å²) in [7, 11) is 0. The number of aryl methyl sites for hydroxylation is 1. The van der Waals surface area contributed by atoms with Crippen molar-refractivity contribution in [1.29, 1.82) is 0 Å². The van der Waals surface area contributed by atoms with Crippen LogP contribution in [0, 0.1) is 6.92 Å². The van der Waals surface area contributed by atoms with E-state index in [-0.39, 0.29) is 5.41 Å². The highest BCUT2D eigenvalue weighted by atomic mass is 32.2. The zero-order chi connectivity index (χ0) is 15.0. The van der Waals surface area contributed by atoms with Crippen molar-refractivity contribution in [2.75, 3.05) is 0 Å². The molecule has 0 unspecified atom stereocenters. The third kappa shape index (κ3) is 2.81. The van der Waals surface area contributed by atoms with Crippen LogP contribution >= 0.6 is 11.8 Å². The second-order valence-electron chi connectivity index (χ2n) is 6.23. The Bertz CT molecular complexity index is 784. The van der Waals surface area contributed by atoms with Crippen molar-refractivity contribution in [1.82, 2.24) is 14.6 Å². The van der Waals surface area contributed by atoms with Gasteiger partial charge in [0.2, 0.25) is 0 Å². The Labute approximate surface area is 129 Å². The van der Waals surface area contributed by atoms with Gasteiger partial charge in [-0.25, -0.2) is 0 Å². The van der Waals surface area contributed by atoms with E-state index < -0.39 is 0 Å². The minimum atomic E-state index is -0.0225. The van der Waals surface area contributed by atoms with E-state index >= 15 is 0 Å². The summed E-state index contributed by atoms with van der Waals surface area (Å²) < 4.78 is 2.10. The number of aromatic nitrogens is 3. The lowest BCUT2D eigenvalue weighted by molar-refractivity contribution is 0.538. The minimum absolute atomic E-state index is 0.0225. The van der Waals surface area contributed by atoms with Crippen molar-refractivity contribution < 1.29 is 0 Å². The SMILES string of the molecule is Cc1ccccc1Sc1ccc2nnc(C(C)(C)C)n2c1. The van der Waals surface area contributed by atoms with Gasteiger partial charge in [-0.15, -0.1) is 10.2 Å². The van der Waals surface area contributed by atoms with Crippen molar-refractivity contribution in [3.05, 3.63) is 54.0 Å². The zero-order valence-electron chi connectivity index (χ0n) is 12.8. The molecule has 4 heteroatoms. The molecule has 2 heterocycles. The lowest BCUT2D eigenvalue weighted by Gasteiger charge is -2.16. The van der Waals surface area contributed by atoms with E-state index in [2.05, 4.69) is 78.8 Å². The van der Waals surface area contributed by atoms with Gasteiger partial charge in [0.05, 0.1) is 0 Å². The molecule has 0 amide bonds. The first kappa shape index (κ1) is 14.1. The minimum Gasteiger partial charge on any atom is -0.285 e. The molecule has 0 fully saturated rings. The summed E-state index contributed by atoms with van der Waals surface area (Å²) >= 11 is 1.78. The summed E-state index contributed by atoms with van der Waals surface area (Å²) in [4.78, 5) is 2.48. The number of fused-ring (bicyclic) bond motifs is 1. The van der Waals surface area contributed by atoms with Crippen LogP contribution in [0.25, 0.3) is 5.65 Å². The Hall–Kier alpha value is -1.81. The molecule has 3 nitrogen and oxygen atoms in total. The number of pyridine rings is 1. The van der Waals surface area contributed by atoms with Crippen LogP contribution in [-0.2, 0) is 5.41 Å². The smallest absolute Gasteiger partial charge is 0.160 e. The average molecular weight is 297 g/mol. The van der Waals surface area contributed by atoms with E-state index in [1.54, 1.807) is 11.8 Å². The van der Waals surface area contributed by atoms with Crippen LogP contribution in [0.3, 0.4) is 0 Å². The van der Waals surface area contributed by atoms with Crippen molar-refractivity contribution >= 4 is 17.4 Å². The van der Waals surface area contributed by atoms with Gasteiger partial charge in [0.25, 0.3) is 0 Å². The highest BCUT2D eigenvalue weighted by Gasteiger charge is 2.20. The maximum Gasteiger partial charge on any atom is 0.160 e. The number of rotatable bonds is 2. The Morgan fingerprint density at radius 2 is 1.76 bits per heavy atom. The molecule has 108 valence electrons. The molecule has 3 rings (SSSR count). The highest BCUT2D eigenvalue weighted by Crippen LogP contribution is 2.31. The normalized spacial score (nSPS) is 12.0. The number of hydrogen-bond donors (Lipinski definition) is 0. The number of hydrogen-bond acceptors (Lipinski definition) is 3. The summed E-state index contributed by atoms with van der Waals surface area (Å²) in [5.74, 6) is 0.990. The molecule has 2 aromatic heterocycles. The lowest BCUT2D eigenvalue weighted by Crippen LogP contribution is -2.15. The van der Waals surface area contributed by atoms with Crippen molar-refractivity contribution in [2.24, 2.45) is 0 Å². The molecular formula is C17H19N3S. The Morgan fingerprint density at radius 3 is 2.48 bits per heavy atom. The van der Waals surface area contributed by atoms with E-state index in [1.807, 2.05) is 6.07 Å². The molecule has 21 heavy (non-hydrogen) atoms. The monoisotopic (exact) mass is 297 g/mol. The molecule has 0 saturated heterocycles. The second-order valence-corrected chi connectivity index (χ2v) is 7.35. The van der Waals surface area contributed by atoms with E-state index in [0.29, 0.717) is 0 Å². The molecule has 0 aliphatic carbocycles. The number of benzene rings is 1. The first-order valence-electron chi connectivity index (χ1n) is 7.04. The molecule has 0 spiro atoms. The summed E-state index contributed by atoms with van der Waals surface area (Å²) in [5.41, 5.74) is 2.17. The van der Waals surface area contributed by atoms with Gasteiger partial charge in [0.15, 0.2) is 5.65 Å². The summed E-state index contributed by atoms with van der Waals surface area (Å²) in [5, 5.41) is 8.59. The largest absolute Gasteiger partial charge is 0.285 e. The van der Waals surface area contributed by atoms with Crippen LogP contribution in [0.4, 0.5) is 0 Å². The topological polar surface area (TPSA) is 30.2 Å². The van der Waals surface area contributed by atoms with Crippen LogP contribution in [0.15, 0.2) is 52.4 Å². The maximum absolute atomic E-state index is 4.34. The van der Waals surface area contributed by atoms with E-state index in [9.17, 15) is 0 Å². The van der Waals surface area contributed by atoms with Gasteiger partial charge in [0, 0.05) is 21.4 Å². The van der Waals surface area contributed by atoms with Gasteiger partial charge >= 0.3 is 0 Å². The third-order valence-corrected chi connectivity index (χ3v) is 4.52. The molecule has 0 N–H and O–H groups in total. The summed E-state index contributed by atoms with van der Waals surface area (Å²) in [6.07, 6.45) is 2.13. The molecule has 0 radical (unpaired) electrons. The van der Waals surface area contributed by atoms with Crippen LogP contribution < -0.4 is 0 Å². The molecule has 1 aromatic carbocycles. The van der Waals surface area contributed by atoms with Crippen LogP contribution in [0.2, 0.25) is 0 Å². The lowest BCUT2D eigenvalue weighted by atomic mass is 9.96. The Morgan fingerprint density at radius 1 is 1.00 bits per heavy atom. The van der Waals surface area contributed by atoms with Crippen LogP contribution in [0.5, 0.6) is 0 Å². The molecule has 0 aliphatic heterocycles. The first-order valence-corrected chi connectivity index (χ1v) is 7.85. The Kier molecular flexibility index (Phi) is 3.49. The molecule has 0 saturated carbocycles. The van der Waals surface area contributed by atoms with Gasteiger partial charge in [0.1, 0.15) is 5.82 Å². The molecule has 3 aromatic rings. The fourth-order valence-electron chi connectivity index (χ4n) is 2.24. The van der Waals surface area contributed by atoms with Crippen molar-refractivity contribution in [3.63, 3.8) is 0 Å². The number of nitrogens with zero attached hydrogens (tertiary/aromatic N) is 3. The summed E-state index contributed by atoms with van der Waals surface area (Å²) in [6, 6.07) is 12.6. The first-order chi connectivity index (χ1) is 9.95. The molecule has 0 atom stereocenters. The van der Waals surface area contributed by atoms with Crippen molar-refractivity contribution in [3.8, 4) is 0 Å². The fourth-order valence-corrected chi connectivity index (χ4v) is 3.16. The average Bonchev–Trinajstić information content (AvgIpc) is 2.84. The third-order valence-electron chi connectivity index (χ3n) is 3.37. The predicted molar refractivity (Wildman–Crippen MR) is 87.0 cm³/mol. The van der Waals surface area contributed by atoms with Crippen LogP contribution in [0.1, 0.15) is 32.2 Å². The van der Waals surface area contributed by atoms with Gasteiger partial charge in [-0.1, -0.05) is 50.7 Å². The van der Waals surface area contributed by atoms with Gasteiger partial charge in [-0.2, -0.15) is 0 Å². The standard InChI is InChI=1S/C17H19N3S/c1-12-7-5-6-8-14(12)21-13-9-10-15-18-19-16(17(2,3)4)20(15)11-13/h5-11H,1-4H3. The van der Waals surface area contributed by atoms with E-state index in [4.69, 9.17) is 0 Å². The van der Waals surface area contributed by atoms with E-state index in [0.717, 1.165) is 11.5 Å². The molecular weight excluding hydrogens is 278 g/mol. The molecule has 0 bridgehead atoms. The van der Waals surface area contributed by atoms with Gasteiger partial charge in [-0.3, -0.25) is 4.40 Å². The highest BCUT2D eigenvalue weighted by molar-refractivity contribution is 7.99. The van der Waals surface area contributed by atoms with E-state index in [1.165, 1.54) is 15.4 Å². The quantitative estimate of drug-likeness (QED) is 0.698. The maximum atomic E-state index is 4.34. The second kappa shape index (κ2) is 5.19. The van der Waals surface area contributed by atoms with Crippen LogP contribution in [-0.4, -0.2) is 14.6 Å². The van der Waals surface area contributed by atoms with Gasteiger partial charge in [-0.05, 0) is 30.7 Å². The Balaban J connectivity index is 2.03. The predicted octanol–water partition coefficient (Wildman–Crippen LogP) is 4.49. The fraction of sp³-hybridized carbons (Fsp3) is 0.294. The summed E-state index contributed by atoms with van der Waals surface area (Å²) in [6.45, 7) is 8.61.